The van der Waals surface area contributed by atoms with Crippen LogP contribution in [0.3, 0.4) is 0 Å². The largest absolute Gasteiger partial charge is 0.497 e. The average molecular weight is 444 g/mol. The summed E-state index contributed by atoms with van der Waals surface area (Å²) < 4.78 is 13.1. The van der Waals surface area contributed by atoms with Gasteiger partial charge in [-0.25, -0.2) is 4.79 Å². The number of carboxylic acid groups (broad SMARTS) is 1. The summed E-state index contributed by atoms with van der Waals surface area (Å²) >= 11 is 0. The fourth-order valence-electron chi connectivity index (χ4n) is 3.54. The van der Waals surface area contributed by atoms with Gasteiger partial charge in [-0.05, 0) is 43.3 Å². The molecule has 3 aromatic carbocycles. The number of aromatic carboxylic acids is 1. The van der Waals surface area contributed by atoms with Crippen LogP contribution in [0.1, 0.15) is 22.8 Å². The Balaban J connectivity index is 1.72. The molecule has 4 aromatic rings. The number of benzene rings is 3. The quantitative estimate of drug-likeness (QED) is 0.269. The minimum absolute atomic E-state index is 0.213. The van der Waals surface area contributed by atoms with Crippen LogP contribution in [0.4, 0.5) is 0 Å². The molecular formula is C26H24N2O5. The van der Waals surface area contributed by atoms with Crippen molar-refractivity contribution in [1.29, 1.82) is 0 Å². The van der Waals surface area contributed by atoms with Gasteiger partial charge in [0, 0.05) is 23.2 Å². The number of oxime groups is 1. The SMILES string of the molecule is CCO/N=C(\Cn1cc(C(=O)O)c2ccc(OC)cc21)c1cccc(Oc2ccccc2)c1. The molecule has 0 aliphatic heterocycles. The summed E-state index contributed by atoms with van der Waals surface area (Å²) in [5.74, 6) is 1.03. The minimum Gasteiger partial charge on any atom is -0.497 e. The Bertz CT molecular complexity index is 1290. The van der Waals surface area contributed by atoms with Crippen molar-refractivity contribution in [2.75, 3.05) is 13.7 Å². The van der Waals surface area contributed by atoms with Gasteiger partial charge in [-0.15, -0.1) is 0 Å². The topological polar surface area (TPSA) is 82.3 Å². The van der Waals surface area contributed by atoms with Gasteiger partial charge in [-0.1, -0.05) is 35.5 Å². The van der Waals surface area contributed by atoms with Gasteiger partial charge in [-0.3, -0.25) is 0 Å². The highest BCUT2D eigenvalue weighted by Crippen LogP contribution is 2.27. The molecule has 0 amide bonds. The van der Waals surface area contributed by atoms with Crippen molar-refractivity contribution in [2.24, 2.45) is 5.16 Å². The predicted molar refractivity (Wildman–Crippen MR) is 127 cm³/mol. The summed E-state index contributed by atoms with van der Waals surface area (Å²) in [6, 6.07) is 22.4. The number of aromatic nitrogens is 1. The molecule has 7 nitrogen and oxygen atoms in total. The number of methoxy groups -OCH3 is 1. The smallest absolute Gasteiger partial charge is 0.337 e. The predicted octanol–water partition coefficient (Wildman–Crippen LogP) is 5.58. The van der Waals surface area contributed by atoms with Gasteiger partial charge < -0.3 is 24.0 Å². The summed E-state index contributed by atoms with van der Waals surface area (Å²) in [4.78, 5) is 17.2. The van der Waals surface area contributed by atoms with Crippen LogP contribution in [0.5, 0.6) is 17.2 Å². The zero-order valence-corrected chi connectivity index (χ0v) is 18.4. The molecule has 0 saturated heterocycles. The summed E-state index contributed by atoms with van der Waals surface area (Å²) in [6.07, 6.45) is 1.61. The molecule has 0 spiro atoms. The molecule has 0 aliphatic carbocycles. The van der Waals surface area contributed by atoms with Gasteiger partial charge >= 0.3 is 5.97 Å². The summed E-state index contributed by atoms with van der Waals surface area (Å²) in [6.45, 7) is 2.56. The fraction of sp³-hybridized carbons (Fsp3) is 0.154. The normalized spacial score (nSPS) is 11.4. The highest BCUT2D eigenvalue weighted by Gasteiger charge is 2.17. The Labute approximate surface area is 191 Å². The Hall–Kier alpha value is -4.26. The van der Waals surface area contributed by atoms with Gasteiger partial charge in [0.2, 0.25) is 0 Å². The van der Waals surface area contributed by atoms with E-state index < -0.39 is 5.97 Å². The second-order valence-corrected chi connectivity index (χ2v) is 7.26. The first kappa shape index (κ1) is 22.0. The zero-order valence-electron chi connectivity index (χ0n) is 18.4. The number of para-hydroxylation sites is 1. The maximum absolute atomic E-state index is 11.8. The van der Waals surface area contributed by atoms with Crippen molar-refractivity contribution in [3.05, 3.63) is 90.1 Å². The van der Waals surface area contributed by atoms with E-state index in [0.717, 1.165) is 16.8 Å². The standard InChI is InChI=1S/C26H24N2O5/c1-3-32-27-24(18-8-7-11-21(14-18)33-19-9-5-4-6-10-19)17-28-16-23(26(29)30)22-13-12-20(31-2)15-25(22)28/h4-16H,3,17H2,1-2H3,(H,29,30)/b27-24+. The van der Waals surface area contributed by atoms with Crippen LogP contribution in [-0.4, -0.2) is 35.1 Å². The van der Waals surface area contributed by atoms with Crippen molar-refractivity contribution in [3.8, 4) is 17.2 Å². The molecule has 0 bridgehead atoms. The highest BCUT2D eigenvalue weighted by atomic mass is 16.6. The lowest BCUT2D eigenvalue weighted by Gasteiger charge is -2.12. The lowest BCUT2D eigenvalue weighted by Crippen LogP contribution is -2.12. The van der Waals surface area contributed by atoms with Crippen LogP contribution in [-0.2, 0) is 11.4 Å². The van der Waals surface area contributed by atoms with Crippen molar-refractivity contribution >= 4 is 22.6 Å². The van der Waals surface area contributed by atoms with E-state index in [1.165, 1.54) is 0 Å². The Morgan fingerprint density at radius 3 is 2.48 bits per heavy atom. The molecule has 0 fully saturated rings. The Morgan fingerprint density at radius 1 is 0.970 bits per heavy atom. The molecule has 168 valence electrons. The number of carbonyl (C=O) groups is 1. The third kappa shape index (κ3) is 4.98. The maximum atomic E-state index is 11.8. The van der Waals surface area contributed by atoms with E-state index in [1.807, 2.05) is 72.2 Å². The van der Waals surface area contributed by atoms with Crippen molar-refractivity contribution in [3.63, 3.8) is 0 Å². The zero-order chi connectivity index (χ0) is 23.2. The van der Waals surface area contributed by atoms with Gasteiger partial charge in [0.05, 0.1) is 24.7 Å². The molecule has 1 N–H and O–H groups in total. The van der Waals surface area contributed by atoms with Crippen LogP contribution < -0.4 is 9.47 Å². The second kappa shape index (κ2) is 9.91. The molecule has 4 rings (SSSR count). The van der Waals surface area contributed by atoms with Gasteiger partial charge in [-0.2, -0.15) is 0 Å². The first-order valence-electron chi connectivity index (χ1n) is 10.5. The molecule has 0 atom stereocenters. The van der Waals surface area contributed by atoms with Crippen LogP contribution in [0.15, 0.2) is 84.1 Å². The fourth-order valence-corrected chi connectivity index (χ4v) is 3.54. The molecule has 7 heteroatoms. The first-order chi connectivity index (χ1) is 16.1. The highest BCUT2D eigenvalue weighted by molar-refractivity contribution is 6.05. The number of hydrogen-bond acceptors (Lipinski definition) is 5. The number of fused-ring (bicyclic) bond motifs is 1. The van der Waals surface area contributed by atoms with Crippen molar-refractivity contribution < 1.29 is 24.2 Å². The van der Waals surface area contributed by atoms with Crippen LogP contribution in [0.2, 0.25) is 0 Å². The summed E-state index contributed by atoms with van der Waals surface area (Å²) in [5.41, 5.74) is 2.38. The first-order valence-corrected chi connectivity index (χ1v) is 10.5. The summed E-state index contributed by atoms with van der Waals surface area (Å²) in [7, 11) is 1.58. The van der Waals surface area contributed by atoms with Gasteiger partial charge in [0.1, 0.15) is 29.6 Å². The minimum atomic E-state index is -0.995. The number of nitrogens with zero attached hydrogens (tertiary/aromatic N) is 2. The van der Waals surface area contributed by atoms with Crippen LogP contribution >= 0.6 is 0 Å². The van der Waals surface area contributed by atoms with Crippen LogP contribution in [0, 0.1) is 0 Å². The number of ether oxygens (including phenoxy) is 2. The van der Waals surface area contributed by atoms with E-state index in [0.29, 0.717) is 35.7 Å². The molecule has 33 heavy (non-hydrogen) atoms. The number of carboxylic acids is 1. The third-order valence-corrected chi connectivity index (χ3v) is 5.09. The van der Waals surface area contributed by atoms with Gasteiger partial charge in [0.25, 0.3) is 0 Å². The molecular weight excluding hydrogens is 420 g/mol. The molecule has 0 aliphatic rings. The second-order valence-electron chi connectivity index (χ2n) is 7.26. The monoisotopic (exact) mass is 444 g/mol. The van der Waals surface area contributed by atoms with E-state index in [9.17, 15) is 9.90 Å². The van der Waals surface area contributed by atoms with Crippen molar-refractivity contribution in [1.82, 2.24) is 4.57 Å². The van der Waals surface area contributed by atoms with Crippen LogP contribution in [0.25, 0.3) is 10.9 Å². The molecule has 0 saturated carbocycles. The lowest BCUT2D eigenvalue weighted by molar-refractivity contribution is 0.0699. The van der Waals surface area contributed by atoms with E-state index in [2.05, 4.69) is 5.16 Å². The number of hydrogen-bond donors (Lipinski definition) is 1. The maximum Gasteiger partial charge on any atom is 0.337 e. The lowest BCUT2D eigenvalue weighted by atomic mass is 10.1. The summed E-state index contributed by atoms with van der Waals surface area (Å²) in [5, 5.41) is 14.6. The van der Waals surface area contributed by atoms with E-state index in [-0.39, 0.29) is 5.56 Å². The number of rotatable bonds is 9. The Morgan fingerprint density at radius 2 is 1.76 bits per heavy atom. The van der Waals surface area contributed by atoms with E-state index in [1.54, 1.807) is 25.4 Å². The van der Waals surface area contributed by atoms with Gasteiger partial charge in [0.15, 0.2) is 0 Å². The average Bonchev–Trinajstić information content (AvgIpc) is 3.20. The molecule has 0 unspecified atom stereocenters. The molecule has 1 heterocycles. The third-order valence-electron chi connectivity index (χ3n) is 5.09. The van der Waals surface area contributed by atoms with E-state index in [4.69, 9.17) is 14.3 Å². The Kier molecular flexibility index (Phi) is 6.59. The van der Waals surface area contributed by atoms with Crippen molar-refractivity contribution in [2.45, 2.75) is 13.5 Å². The molecule has 0 radical (unpaired) electrons. The van der Waals surface area contributed by atoms with E-state index >= 15 is 0 Å². The molecule has 1 aromatic heterocycles.